The highest BCUT2D eigenvalue weighted by atomic mass is 16.5. The van der Waals surface area contributed by atoms with Crippen LogP contribution in [0, 0.1) is 0 Å². The molecule has 2 rings (SSSR count). The lowest BCUT2D eigenvalue weighted by Gasteiger charge is -2.25. The molecule has 4 nitrogen and oxygen atoms in total. The van der Waals surface area contributed by atoms with Gasteiger partial charge in [-0.25, -0.2) is 0 Å². The first-order chi connectivity index (χ1) is 10.3. The van der Waals surface area contributed by atoms with Gasteiger partial charge < -0.3 is 15.0 Å². The normalized spacial score (nSPS) is 11.0. The van der Waals surface area contributed by atoms with Crippen molar-refractivity contribution in [2.45, 2.75) is 20.4 Å². The maximum absolute atomic E-state index is 5.23. The van der Waals surface area contributed by atoms with E-state index in [-0.39, 0.29) is 0 Å². The molecule has 0 aliphatic rings. The van der Waals surface area contributed by atoms with E-state index >= 15 is 0 Å². The number of hydrogen-bond acceptors (Lipinski definition) is 4. The van der Waals surface area contributed by atoms with E-state index in [0.717, 1.165) is 44.0 Å². The van der Waals surface area contributed by atoms with Crippen molar-refractivity contribution in [3.63, 3.8) is 0 Å². The van der Waals surface area contributed by atoms with Gasteiger partial charge in [-0.05, 0) is 25.6 Å². The minimum atomic E-state index is 0.729. The van der Waals surface area contributed by atoms with E-state index in [1.807, 2.05) is 6.07 Å². The zero-order valence-corrected chi connectivity index (χ0v) is 13.2. The van der Waals surface area contributed by atoms with E-state index in [1.54, 1.807) is 7.11 Å². The van der Waals surface area contributed by atoms with Crippen molar-refractivity contribution in [1.29, 1.82) is 0 Å². The SMILES string of the molecule is CCNCc1cc(N(CC)CCOC)c2ccccc2n1. The van der Waals surface area contributed by atoms with E-state index in [1.165, 1.54) is 11.1 Å². The molecular weight excluding hydrogens is 262 g/mol. The summed E-state index contributed by atoms with van der Waals surface area (Å²) in [6.45, 7) is 8.61. The fourth-order valence-electron chi connectivity index (χ4n) is 2.47. The minimum absolute atomic E-state index is 0.729. The van der Waals surface area contributed by atoms with Crippen LogP contribution in [0.1, 0.15) is 19.5 Å². The summed E-state index contributed by atoms with van der Waals surface area (Å²) in [5.74, 6) is 0. The lowest BCUT2D eigenvalue weighted by molar-refractivity contribution is 0.205. The van der Waals surface area contributed by atoms with Gasteiger partial charge in [0.15, 0.2) is 0 Å². The molecule has 0 fully saturated rings. The van der Waals surface area contributed by atoms with Crippen molar-refractivity contribution >= 4 is 16.6 Å². The van der Waals surface area contributed by atoms with Crippen LogP contribution in [0.15, 0.2) is 30.3 Å². The van der Waals surface area contributed by atoms with Gasteiger partial charge in [0.2, 0.25) is 0 Å². The molecule has 0 unspecified atom stereocenters. The van der Waals surface area contributed by atoms with Crippen LogP contribution in [0.2, 0.25) is 0 Å². The Morgan fingerprint density at radius 2 is 2.05 bits per heavy atom. The summed E-state index contributed by atoms with van der Waals surface area (Å²) in [7, 11) is 1.75. The van der Waals surface area contributed by atoms with Gasteiger partial charge in [0, 0.05) is 37.8 Å². The number of para-hydroxylation sites is 1. The molecule has 0 spiro atoms. The highest BCUT2D eigenvalue weighted by molar-refractivity contribution is 5.92. The zero-order valence-electron chi connectivity index (χ0n) is 13.2. The number of rotatable bonds is 8. The molecule has 1 aromatic heterocycles. The molecule has 0 bridgehead atoms. The van der Waals surface area contributed by atoms with Crippen LogP contribution >= 0.6 is 0 Å². The first kappa shape index (κ1) is 15.7. The molecule has 4 heteroatoms. The first-order valence-electron chi connectivity index (χ1n) is 7.63. The van der Waals surface area contributed by atoms with Crippen LogP contribution in [0.3, 0.4) is 0 Å². The van der Waals surface area contributed by atoms with Gasteiger partial charge in [-0.2, -0.15) is 0 Å². The Labute approximate surface area is 127 Å². The molecule has 21 heavy (non-hydrogen) atoms. The number of benzene rings is 1. The number of anilines is 1. The molecule has 0 saturated carbocycles. The molecule has 1 N–H and O–H groups in total. The summed E-state index contributed by atoms with van der Waals surface area (Å²) in [6.07, 6.45) is 0. The molecule has 1 aromatic carbocycles. The Morgan fingerprint density at radius 1 is 1.24 bits per heavy atom. The van der Waals surface area contributed by atoms with Gasteiger partial charge in [0.25, 0.3) is 0 Å². The number of fused-ring (bicyclic) bond motifs is 1. The quantitative estimate of drug-likeness (QED) is 0.810. The van der Waals surface area contributed by atoms with Gasteiger partial charge in [0.1, 0.15) is 0 Å². The standard InChI is InChI=1S/C17H25N3O/c1-4-18-13-14-12-17(20(5-2)10-11-21-3)15-8-6-7-9-16(15)19-14/h6-9,12,18H,4-5,10-11,13H2,1-3H3. The number of likely N-dealkylation sites (N-methyl/N-ethyl adjacent to an activating group) is 1. The van der Waals surface area contributed by atoms with Gasteiger partial charge in [0.05, 0.1) is 17.8 Å². The van der Waals surface area contributed by atoms with Crippen LogP contribution in [0.25, 0.3) is 10.9 Å². The fraction of sp³-hybridized carbons (Fsp3) is 0.471. The number of ether oxygens (including phenoxy) is 1. The van der Waals surface area contributed by atoms with E-state index in [0.29, 0.717) is 0 Å². The number of pyridine rings is 1. The average Bonchev–Trinajstić information content (AvgIpc) is 2.53. The van der Waals surface area contributed by atoms with Crippen molar-refractivity contribution < 1.29 is 4.74 Å². The Balaban J connectivity index is 2.42. The molecule has 114 valence electrons. The second-order valence-electron chi connectivity index (χ2n) is 5.00. The number of hydrogen-bond donors (Lipinski definition) is 1. The third kappa shape index (κ3) is 3.93. The molecule has 2 aromatic rings. The van der Waals surface area contributed by atoms with Crippen molar-refractivity contribution in [3.05, 3.63) is 36.0 Å². The predicted octanol–water partition coefficient (Wildman–Crippen LogP) is 2.82. The molecule has 0 atom stereocenters. The van der Waals surface area contributed by atoms with Gasteiger partial charge >= 0.3 is 0 Å². The largest absolute Gasteiger partial charge is 0.383 e. The molecule has 0 radical (unpaired) electrons. The number of nitrogens with zero attached hydrogens (tertiary/aromatic N) is 2. The van der Waals surface area contributed by atoms with E-state index in [2.05, 4.69) is 48.3 Å². The Bertz CT molecular complexity index is 571. The summed E-state index contributed by atoms with van der Waals surface area (Å²) in [4.78, 5) is 7.10. The van der Waals surface area contributed by atoms with Crippen LogP contribution in [0.4, 0.5) is 5.69 Å². The topological polar surface area (TPSA) is 37.4 Å². The van der Waals surface area contributed by atoms with Gasteiger partial charge in [-0.1, -0.05) is 25.1 Å². The minimum Gasteiger partial charge on any atom is -0.383 e. The monoisotopic (exact) mass is 287 g/mol. The lowest BCUT2D eigenvalue weighted by atomic mass is 10.1. The molecule has 0 aliphatic heterocycles. The summed E-state index contributed by atoms with van der Waals surface area (Å²) in [6, 6.07) is 10.5. The Kier molecular flexibility index (Phi) is 5.96. The second-order valence-corrected chi connectivity index (χ2v) is 5.00. The van der Waals surface area contributed by atoms with E-state index < -0.39 is 0 Å². The Morgan fingerprint density at radius 3 is 2.76 bits per heavy atom. The summed E-state index contributed by atoms with van der Waals surface area (Å²) < 4.78 is 5.23. The fourth-order valence-corrected chi connectivity index (χ4v) is 2.47. The van der Waals surface area contributed by atoms with Crippen LogP contribution in [-0.2, 0) is 11.3 Å². The van der Waals surface area contributed by atoms with Crippen molar-refractivity contribution in [2.75, 3.05) is 38.3 Å². The third-order valence-electron chi connectivity index (χ3n) is 3.59. The Hall–Kier alpha value is -1.65. The van der Waals surface area contributed by atoms with E-state index in [9.17, 15) is 0 Å². The maximum atomic E-state index is 5.23. The average molecular weight is 287 g/mol. The zero-order chi connectivity index (χ0) is 15.1. The third-order valence-corrected chi connectivity index (χ3v) is 3.59. The molecule has 0 aliphatic carbocycles. The molecular formula is C17H25N3O. The maximum Gasteiger partial charge on any atom is 0.0726 e. The van der Waals surface area contributed by atoms with Crippen LogP contribution < -0.4 is 10.2 Å². The lowest BCUT2D eigenvalue weighted by Crippen LogP contribution is -2.27. The van der Waals surface area contributed by atoms with Gasteiger partial charge in [-0.3, -0.25) is 4.98 Å². The highest BCUT2D eigenvalue weighted by Gasteiger charge is 2.11. The van der Waals surface area contributed by atoms with Crippen molar-refractivity contribution in [2.24, 2.45) is 0 Å². The molecule has 0 amide bonds. The summed E-state index contributed by atoms with van der Waals surface area (Å²) in [5.41, 5.74) is 3.38. The molecule has 0 saturated heterocycles. The number of aromatic nitrogens is 1. The second kappa shape index (κ2) is 7.96. The van der Waals surface area contributed by atoms with Crippen molar-refractivity contribution in [3.8, 4) is 0 Å². The number of nitrogens with one attached hydrogen (secondary N) is 1. The highest BCUT2D eigenvalue weighted by Crippen LogP contribution is 2.26. The smallest absolute Gasteiger partial charge is 0.0726 e. The predicted molar refractivity (Wildman–Crippen MR) is 88.9 cm³/mol. The van der Waals surface area contributed by atoms with Crippen molar-refractivity contribution in [1.82, 2.24) is 10.3 Å². The van der Waals surface area contributed by atoms with E-state index in [4.69, 9.17) is 9.72 Å². The summed E-state index contributed by atoms with van der Waals surface area (Å²) >= 11 is 0. The summed E-state index contributed by atoms with van der Waals surface area (Å²) in [5, 5.41) is 4.56. The van der Waals surface area contributed by atoms with Crippen LogP contribution in [0.5, 0.6) is 0 Å². The molecule has 1 heterocycles. The number of methoxy groups -OCH3 is 1. The van der Waals surface area contributed by atoms with Crippen LogP contribution in [-0.4, -0.2) is 38.3 Å². The van der Waals surface area contributed by atoms with Gasteiger partial charge in [-0.15, -0.1) is 0 Å². The first-order valence-corrected chi connectivity index (χ1v) is 7.63.